The zero-order valence-corrected chi connectivity index (χ0v) is 17.2. The van der Waals surface area contributed by atoms with Crippen LogP contribution in [-0.4, -0.2) is 31.8 Å². The van der Waals surface area contributed by atoms with E-state index in [0.717, 1.165) is 0 Å². The van der Waals surface area contributed by atoms with Gasteiger partial charge in [-0.05, 0) is 18.2 Å². The van der Waals surface area contributed by atoms with Gasteiger partial charge in [-0.2, -0.15) is 0 Å². The van der Waals surface area contributed by atoms with Crippen molar-refractivity contribution in [2.75, 3.05) is 18.9 Å². The number of anilines is 1. The lowest BCUT2D eigenvalue weighted by atomic mass is 10.2. The number of para-hydroxylation sites is 2. The van der Waals surface area contributed by atoms with Gasteiger partial charge in [0.2, 0.25) is 5.91 Å². The minimum absolute atomic E-state index is 0. The van der Waals surface area contributed by atoms with Crippen molar-refractivity contribution >= 4 is 41.5 Å². The molecule has 0 aliphatic carbocycles. The lowest BCUT2D eigenvalue weighted by Crippen LogP contribution is -2.41. The Balaban J connectivity index is 0.00000392. The molecule has 0 heterocycles. The standard InChI is InChI=1S/C18H19F3N4O2.HI/c1-22-17(24-12-16(26)25-14-8-3-2-4-9-14)23-11-13-7-5-6-10-15(13)27-18(19,20)21;/h2-10H,11-12H2,1H3,(H,25,26)(H2,22,23,24);1H. The number of nitrogens with zero attached hydrogens (tertiary/aromatic N) is 1. The second-order valence-electron chi connectivity index (χ2n) is 5.35. The van der Waals surface area contributed by atoms with E-state index in [1.54, 1.807) is 30.3 Å². The number of hydrogen-bond acceptors (Lipinski definition) is 3. The van der Waals surface area contributed by atoms with Crippen LogP contribution in [0.15, 0.2) is 59.6 Å². The summed E-state index contributed by atoms with van der Waals surface area (Å²) in [6.07, 6.45) is -4.77. The fourth-order valence-corrected chi connectivity index (χ4v) is 2.16. The minimum atomic E-state index is -4.77. The summed E-state index contributed by atoms with van der Waals surface area (Å²) in [6.45, 7) is -0.0263. The summed E-state index contributed by atoms with van der Waals surface area (Å²) in [5.41, 5.74) is 0.956. The Morgan fingerprint density at radius 2 is 1.68 bits per heavy atom. The van der Waals surface area contributed by atoms with E-state index in [2.05, 4.69) is 25.7 Å². The molecular weight excluding hydrogens is 488 g/mol. The van der Waals surface area contributed by atoms with Gasteiger partial charge in [0.05, 0.1) is 6.54 Å². The smallest absolute Gasteiger partial charge is 0.405 e. The molecule has 0 spiro atoms. The molecule has 0 saturated heterocycles. The van der Waals surface area contributed by atoms with Crippen LogP contribution in [0, 0.1) is 0 Å². The molecule has 2 aromatic rings. The number of halogens is 4. The van der Waals surface area contributed by atoms with E-state index in [4.69, 9.17) is 0 Å². The Labute approximate surface area is 177 Å². The van der Waals surface area contributed by atoms with Crippen LogP contribution in [0.3, 0.4) is 0 Å². The van der Waals surface area contributed by atoms with Crippen molar-refractivity contribution in [3.05, 3.63) is 60.2 Å². The number of hydrogen-bond donors (Lipinski definition) is 3. The van der Waals surface area contributed by atoms with Gasteiger partial charge in [0.15, 0.2) is 5.96 Å². The fraction of sp³-hybridized carbons (Fsp3) is 0.222. The number of nitrogens with one attached hydrogen (secondary N) is 3. The van der Waals surface area contributed by atoms with Gasteiger partial charge in [0.25, 0.3) is 0 Å². The maximum absolute atomic E-state index is 12.5. The van der Waals surface area contributed by atoms with Gasteiger partial charge >= 0.3 is 6.36 Å². The predicted molar refractivity (Wildman–Crippen MR) is 112 cm³/mol. The molecule has 6 nitrogen and oxygen atoms in total. The van der Waals surface area contributed by atoms with Crippen LogP contribution in [0.5, 0.6) is 5.75 Å². The summed E-state index contributed by atoms with van der Waals surface area (Å²) >= 11 is 0. The maximum atomic E-state index is 12.5. The Bertz CT molecular complexity index is 786. The quantitative estimate of drug-likeness (QED) is 0.318. The van der Waals surface area contributed by atoms with Crippen LogP contribution in [0.4, 0.5) is 18.9 Å². The molecule has 2 rings (SSSR count). The molecule has 0 saturated carbocycles. The molecular formula is C18H20F3IN4O2. The first-order chi connectivity index (χ1) is 12.9. The van der Waals surface area contributed by atoms with Crippen molar-refractivity contribution in [3.8, 4) is 5.75 Å². The summed E-state index contributed by atoms with van der Waals surface area (Å²) in [6, 6.07) is 14.7. The van der Waals surface area contributed by atoms with E-state index < -0.39 is 6.36 Å². The number of ether oxygens (including phenoxy) is 1. The molecule has 3 N–H and O–H groups in total. The van der Waals surface area contributed by atoms with Gasteiger partial charge in [-0.3, -0.25) is 9.79 Å². The molecule has 0 bridgehead atoms. The molecule has 1 amide bonds. The topological polar surface area (TPSA) is 74.8 Å². The molecule has 28 heavy (non-hydrogen) atoms. The van der Waals surface area contributed by atoms with Crippen molar-refractivity contribution < 1.29 is 22.7 Å². The molecule has 152 valence electrons. The monoisotopic (exact) mass is 508 g/mol. The molecule has 0 aromatic heterocycles. The molecule has 0 atom stereocenters. The maximum Gasteiger partial charge on any atom is 0.573 e. The third kappa shape index (κ3) is 8.46. The number of carbonyl (C=O) groups is 1. The number of guanidine groups is 1. The van der Waals surface area contributed by atoms with Crippen molar-refractivity contribution in [1.82, 2.24) is 10.6 Å². The first kappa shape index (κ1) is 23.5. The largest absolute Gasteiger partial charge is 0.573 e. The van der Waals surface area contributed by atoms with E-state index in [1.165, 1.54) is 25.2 Å². The van der Waals surface area contributed by atoms with Crippen LogP contribution in [0.2, 0.25) is 0 Å². The summed E-state index contributed by atoms with van der Waals surface area (Å²) in [4.78, 5) is 15.9. The van der Waals surface area contributed by atoms with Crippen molar-refractivity contribution in [2.45, 2.75) is 12.9 Å². The molecule has 0 fully saturated rings. The number of alkyl halides is 3. The number of rotatable bonds is 6. The van der Waals surface area contributed by atoms with E-state index in [-0.39, 0.29) is 54.7 Å². The van der Waals surface area contributed by atoms with Gasteiger partial charge in [0, 0.05) is 24.8 Å². The average Bonchev–Trinajstić information content (AvgIpc) is 2.62. The summed E-state index contributed by atoms with van der Waals surface area (Å²) in [7, 11) is 1.49. The van der Waals surface area contributed by atoms with Crippen LogP contribution < -0.4 is 20.7 Å². The zero-order chi connectivity index (χ0) is 19.7. The highest BCUT2D eigenvalue weighted by atomic mass is 127. The lowest BCUT2D eigenvalue weighted by Gasteiger charge is -2.15. The lowest BCUT2D eigenvalue weighted by molar-refractivity contribution is -0.274. The molecule has 0 radical (unpaired) electrons. The molecule has 0 aliphatic heterocycles. The van der Waals surface area contributed by atoms with Crippen LogP contribution in [0.25, 0.3) is 0 Å². The van der Waals surface area contributed by atoms with E-state index in [1.807, 2.05) is 6.07 Å². The Morgan fingerprint density at radius 1 is 1.04 bits per heavy atom. The number of carbonyl (C=O) groups excluding carboxylic acids is 1. The summed E-state index contributed by atoms with van der Waals surface area (Å²) < 4.78 is 41.4. The second kappa shape index (κ2) is 11.4. The van der Waals surface area contributed by atoms with Gasteiger partial charge in [-0.15, -0.1) is 37.1 Å². The first-order valence-corrected chi connectivity index (χ1v) is 8.00. The number of aliphatic imine (C=N–C) groups is 1. The van der Waals surface area contributed by atoms with Crippen LogP contribution in [-0.2, 0) is 11.3 Å². The molecule has 10 heteroatoms. The third-order valence-electron chi connectivity index (χ3n) is 3.34. The summed E-state index contributed by atoms with van der Waals surface area (Å²) in [5.74, 6) is -0.320. The highest BCUT2D eigenvalue weighted by Gasteiger charge is 2.31. The SMILES string of the molecule is CN=C(NCC(=O)Nc1ccccc1)NCc1ccccc1OC(F)(F)F.I. The van der Waals surface area contributed by atoms with Crippen molar-refractivity contribution in [3.63, 3.8) is 0 Å². The number of benzene rings is 2. The summed E-state index contributed by atoms with van der Waals surface area (Å²) in [5, 5.41) is 8.33. The number of amides is 1. The van der Waals surface area contributed by atoms with Gasteiger partial charge in [0.1, 0.15) is 5.75 Å². The molecule has 0 aliphatic rings. The zero-order valence-electron chi connectivity index (χ0n) is 14.9. The van der Waals surface area contributed by atoms with Crippen molar-refractivity contribution in [1.29, 1.82) is 0 Å². The van der Waals surface area contributed by atoms with E-state index in [9.17, 15) is 18.0 Å². The highest BCUT2D eigenvalue weighted by Crippen LogP contribution is 2.25. The highest BCUT2D eigenvalue weighted by molar-refractivity contribution is 14.0. The predicted octanol–water partition coefficient (Wildman–Crippen LogP) is 3.51. The van der Waals surface area contributed by atoms with E-state index in [0.29, 0.717) is 11.3 Å². The average molecular weight is 508 g/mol. The fourth-order valence-electron chi connectivity index (χ4n) is 2.16. The Morgan fingerprint density at radius 3 is 2.32 bits per heavy atom. The molecule has 0 unspecified atom stereocenters. The second-order valence-corrected chi connectivity index (χ2v) is 5.35. The van der Waals surface area contributed by atoms with Gasteiger partial charge < -0.3 is 20.7 Å². The first-order valence-electron chi connectivity index (χ1n) is 8.00. The minimum Gasteiger partial charge on any atom is -0.405 e. The van der Waals surface area contributed by atoms with Gasteiger partial charge in [-0.25, -0.2) is 0 Å². The van der Waals surface area contributed by atoms with Crippen LogP contribution >= 0.6 is 24.0 Å². The molecule has 2 aromatic carbocycles. The Kier molecular flexibility index (Phi) is 9.56. The third-order valence-corrected chi connectivity index (χ3v) is 3.34. The normalized spacial score (nSPS) is 11.2. The van der Waals surface area contributed by atoms with Crippen molar-refractivity contribution in [2.24, 2.45) is 4.99 Å². The van der Waals surface area contributed by atoms with Gasteiger partial charge in [-0.1, -0.05) is 36.4 Å². The Hall–Kier alpha value is -2.50. The van der Waals surface area contributed by atoms with Crippen LogP contribution in [0.1, 0.15) is 5.56 Å². The van der Waals surface area contributed by atoms with E-state index >= 15 is 0 Å².